The largest absolute Gasteiger partial charge is 0.298 e. The lowest BCUT2D eigenvalue weighted by Gasteiger charge is -2.41. The Morgan fingerprint density at radius 1 is 1.10 bits per heavy atom. The molecule has 0 aromatic heterocycles. The number of nitrogens with zero attached hydrogens (tertiary/aromatic N) is 2. The van der Waals surface area contributed by atoms with Gasteiger partial charge in [0, 0.05) is 28.5 Å². The van der Waals surface area contributed by atoms with Crippen molar-refractivity contribution in [3.8, 4) is 0 Å². The smallest absolute Gasteiger partial charge is 0.265 e. The molecule has 7 nitrogen and oxygen atoms in total. The van der Waals surface area contributed by atoms with Gasteiger partial charge in [-0.25, -0.2) is 8.78 Å². The number of hydrogen-bond acceptors (Lipinski definition) is 5. The Labute approximate surface area is 190 Å². The Bertz CT molecular complexity index is 1300. The normalized spacial score (nSPS) is 33.7. The van der Waals surface area contributed by atoms with E-state index in [0.29, 0.717) is 15.9 Å². The quantitative estimate of drug-likeness (QED) is 0.712. The summed E-state index contributed by atoms with van der Waals surface area (Å²) in [6.45, 7) is -2.71. The molecule has 3 heterocycles. The van der Waals surface area contributed by atoms with E-state index in [1.165, 1.54) is 20.8 Å². The van der Waals surface area contributed by atoms with E-state index in [9.17, 15) is 19.2 Å². The summed E-state index contributed by atoms with van der Waals surface area (Å²) in [6, 6.07) is -1.16. The molecule has 2 saturated heterocycles. The van der Waals surface area contributed by atoms with Crippen LogP contribution >= 0.6 is 0 Å². The molecule has 0 bridgehead atoms. The third kappa shape index (κ3) is 3.54. The minimum atomic E-state index is -3.49. The van der Waals surface area contributed by atoms with Gasteiger partial charge in [0.15, 0.2) is 0 Å². The van der Waals surface area contributed by atoms with Gasteiger partial charge in [0.25, 0.3) is 11.8 Å². The number of imide groups is 2. The molecular weight excluding hydrogens is 408 g/mol. The number of likely N-dealkylation sites (tertiary alicyclic amines) is 1. The number of rotatable bonds is 2. The maximum atomic E-state index is 16.1. The number of amides is 4. The zero-order valence-electron chi connectivity index (χ0n) is 24.9. The van der Waals surface area contributed by atoms with Crippen LogP contribution in [0.2, 0.25) is 0 Å². The van der Waals surface area contributed by atoms with Crippen molar-refractivity contribution >= 4 is 23.6 Å². The number of piperidine rings is 2. The van der Waals surface area contributed by atoms with Crippen LogP contribution in [0, 0.1) is 11.6 Å². The molecule has 0 aliphatic carbocycles. The minimum absolute atomic E-state index is 0.247. The lowest BCUT2D eigenvalue weighted by Crippen LogP contribution is -2.54. The summed E-state index contributed by atoms with van der Waals surface area (Å²) in [4.78, 5) is 50.6. The van der Waals surface area contributed by atoms with Gasteiger partial charge in [0.1, 0.15) is 17.7 Å². The van der Waals surface area contributed by atoms with Crippen LogP contribution in [0.15, 0.2) is 6.07 Å². The molecule has 31 heavy (non-hydrogen) atoms. The Balaban J connectivity index is 1.93. The first-order valence-electron chi connectivity index (χ1n) is 13.6. The molecule has 2 fully saturated rings. The maximum absolute atomic E-state index is 16.1. The zero-order chi connectivity index (χ0) is 29.8. The van der Waals surface area contributed by atoms with Crippen molar-refractivity contribution in [3.05, 3.63) is 34.4 Å². The molecule has 166 valence electrons. The molecule has 3 aliphatic heterocycles. The van der Waals surface area contributed by atoms with Gasteiger partial charge in [-0.15, -0.1) is 0 Å². The number of carbonyl (C=O) groups excluding carboxylic acids is 4. The van der Waals surface area contributed by atoms with E-state index in [1.807, 2.05) is 5.32 Å². The van der Waals surface area contributed by atoms with Gasteiger partial charge in [-0.2, -0.15) is 0 Å². The van der Waals surface area contributed by atoms with Gasteiger partial charge in [-0.1, -0.05) is 0 Å². The van der Waals surface area contributed by atoms with Crippen molar-refractivity contribution in [2.45, 2.75) is 63.9 Å². The predicted octanol–water partition coefficient (Wildman–Crippen LogP) is 2.34. The third-order valence-corrected chi connectivity index (χ3v) is 5.26. The number of fused-ring (bicyclic) bond motifs is 1. The van der Waals surface area contributed by atoms with Gasteiger partial charge >= 0.3 is 0 Å². The molecule has 1 atom stereocenters. The number of benzene rings is 1. The highest BCUT2D eigenvalue weighted by Gasteiger charge is 2.47. The first-order valence-corrected chi connectivity index (χ1v) is 9.56. The molecular formula is C22H25F2N3O4. The SMILES string of the molecule is [2H]C1([2H])C(c2c(F)cc3c(c2F)C(=O)N(C2CCC(=O)NC2=O)C3=O)C([2H])([2H])C([2H])([2H])N(C(C)(C)C)C1([2H])[2H]. The van der Waals surface area contributed by atoms with Gasteiger partial charge in [0.2, 0.25) is 11.8 Å². The topological polar surface area (TPSA) is 86.8 Å². The zero-order valence-corrected chi connectivity index (χ0v) is 16.9. The maximum Gasteiger partial charge on any atom is 0.265 e. The van der Waals surface area contributed by atoms with Crippen LogP contribution in [0.3, 0.4) is 0 Å². The molecule has 1 aromatic carbocycles. The summed E-state index contributed by atoms with van der Waals surface area (Å²) in [5, 5.41) is 1.94. The highest BCUT2D eigenvalue weighted by Crippen LogP contribution is 2.38. The fourth-order valence-electron chi connectivity index (χ4n) is 3.63. The summed E-state index contributed by atoms with van der Waals surface area (Å²) in [5.41, 5.74) is -4.87. The lowest BCUT2D eigenvalue weighted by atomic mass is 9.85. The minimum Gasteiger partial charge on any atom is -0.298 e. The van der Waals surface area contributed by atoms with Crippen molar-refractivity contribution in [3.63, 3.8) is 0 Å². The van der Waals surface area contributed by atoms with Gasteiger partial charge in [-0.05, 0) is 64.9 Å². The summed E-state index contributed by atoms with van der Waals surface area (Å²) >= 11 is 0. The summed E-state index contributed by atoms with van der Waals surface area (Å²) < 4.78 is 99.8. The Morgan fingerprint density at radius 3 is 2.32 bits per heavy atom. The highest BCUT2D eigenvalue weighted by atomic mass is 19.1. The molecule has 4 amide bonds. The van der Waals surface area contributed by atoms with Crippen LogP contribution in [0.4, 0.5) is 8.78 Å². The molecule has 3 aliphatic rings. The summed E-state index contributed by atoms with van der Waals surface area (Å²) in [7, 11) is 0. The van der Waals surface area contributed by atoms with E-state index in [1.54, 1.807) is 0 Å². The Morgan fingerprint density at radius 2 is 1.74 bits per heavy atom. The van der Waals surface area contributed by atoms with E-state index < -0.39 is 95.2 Å². The van der Waals surface area contributed by atoms with Crippen molar-refractivity contribution in [2.75, 3.05) is 13.0 Å². The second kappa shape index (κ2) is 7.47. The molecule has 9 heteroatoms. The molecule has 0 saturated carbocycles. The van der Waals surface area contributed by atoms with E-state index in [4.69, 9.17) is 11.0 Å². The number of nitrogens with one attached hydrogen (secondary N) is 1. The summed E-state index contributed by atoms with van der Waals surface area (Å²) in [6.07, 6.45) is -7.51. The molecule has 4 rings (SSSR count). The molecule has 1 unspecified atom stereocenters. The van der Waals surface area contributed by atoms with E-state index >= 15 is 8.78 Å². The van der Waals surface area contributed by atoms with Crippen LogP contribution in [-0.4, -0.2) is 58.0 Å². The molecule has 1 aromatic rings. The first kappa shape index (κ1) is 13.7. The third-order valence-electron chi connectivity index (χ3n) is 5.26. The number of halogens is 2. The molecule has 0 spiro atoms. The standard InChI is InChI=1S/C22H25F2N3O4/c1-22(2,3)26-8-6-11(7-9-26)16-13(23)10-12-17(18(16)24)21(31)27(20(12)30)14-4-5-15(28)25-19(14)29/h10-11,14H,4-9H2,1-3H3,(H,25,28,29)/i6D2,7D2,8D2,9D2. The second-order valence-corrected chi connectivity index (χ2v) is 8.41. The predicted molar refractivity (Wildman–Crippen MR) is 106 cm³/mol. The van der Waals surface area contributed by atoms with Crippen LogP contribution in [-0.2, 0) is 9.59 Å². The van der Waals surface area contributed by atoms with Crippen molar-refractivity contribution < 1.29 is 38.9 Å². The number of carbonyl (C=O) groups is 4. The van der Waals surface area contributed by atoms with Crippen LogP contribution in [0.1, 0.15) is 89.5 Å². The van der Waals surface area contributed by atoms with Gasteiger partial charge in [0.05, 0.1) is 11.1 Å². The Kier molecular flexibility index (Phi) is 3.30. The van der Waals surface area contributed by atoms with Gasteiger partial charge in [-0.3, -0.25) is 34.3 Å². The second-order valence-electron chi connectivity index (χ2n) is 8.41. The monoisotopic (exact) mass is 441 g/mol. The Hall–Kier alpha value is -2.68. The molecule has 1 N–H and O–H groups in total. The molecule has 0 radical (unpaired) electrons. The fraction of sp³-hybridized carbons (Fsp3) is 0.545. The van der Waals surface area contributed by atoms with Crippen LogP contribution in [0.25, 0.3) is 0 Å². The fourth-order valence-corrected chi connectivity index (χ4v) is 3.63. The van der Waals surface area contributed by atoms with Crippen molar-refractivity contribution in [2.24, 2.45) is 0 Å². The van der Waals surface area contributed by atoms with Crippen molar-refractivity contribution in [1.29, 1.82) is 0 Å². The average Bonchev–Trinajstić information content (AvgIpc) is 2.98. The average molecular weight is 442 g/mol. The highest BCUT2D eigenvalue weighted by molar-refractivity contribution is 6.23. The lowest BCUT2D eigenvalue weighted by molar-refractivity contribution is -0.136. The number of hydrogen-bond donors (Lipinski definition) is 1. The van der Waals surface area contributed by atoms with Crippen molar-refractivity contribution in [1.82, 2.24) is 15.1 Å². The first-order chi connectivity index (χ1) is 17.5. The summed E-state index contributed by atoms with van der Waals surface area (Å²) in [5.74, 6) is -10.7. The van der Waals surface area contributed by atoms with E-state index in [-0.39, 0.29) is 12.8 Å². The van der Waals surface area contributed by atoms with Gasteiger partial charge < -0.3 is 0 Å². The van der Waals surface area contributed by atoms with Crippen LogP contribution in [0.5, 0.6) is 0 Å². The van der Waals surface area contributed by atoms with Crippen LogP contribution < -0.4 is 5.32 Å². The van der Waals surface area contributed by atoms with E-state index in [0.717, 1.165) is 0 Å². The van der Waals surface area contributed by atoms with E-state index in [2.05, 4.69) is 0 Å².